The molecule has 28 heavy (non-hydrogen) atoms. The predicted molar refractivity (Wildman–Crippen MR) is 120 cm³/mol. The molecule has 7 rings (SSSR count). The maximum Gasteiger partial charge on any atom is -0.00388 e. The molecule has 0 heteroatoms. The lowest BCUT2D eigenvalue weighted by Crippen LogP contribution is -2.48. The van der Waals surface area contributed by atoms with Crippen LogP contribution in [-0.2, 0) is 10.8 Å². The van der Waals surface area contributed by atoms with E-state index in [1.807, 2.05) is 0 Å². The fourth-order valence-corrected chi connectivity index (χ4v) is 7.33. The molecule has 0 aliphatic heterocycles. The molecule has 0 nitrogen and oxygen atoms in total. The SMILES string of the molecule is CC(C)(C)c1ccc2c(ccc3cc(C45CC6CC(CC(C6)C4)C5)ccc32)c1. The third-order valence-corrected chi connectivity index (χ3v) is 8.35. The highest BCUT2D eigenvalue weighted by atomic mass is 14.6. The van der Waals surface area contributed by atoms with Crippen LogP contribution in [0.25, 0.3) is 21.5 Å². The van der Waals surface area contributed by atoms with Gasteiger partial charge in [0.2, 0.25) is 0 Å². The van der Waals surface area contributed by atoms with Gasteiger partial charge in [-0.1, -0.05) is 69.3 Å². The highest BCUT2D eigenvalue weighted by Crippen LogP contribution is 2.60. The van der Waals surface area contributed by atoms with Crippen LogP contribution in [0.4, 0.5) is 0 Å². The molecule has 0 spiro atoms. The zero-order valence-electron chi connectivity index (χ0n) is 17.6. The zero-order valence-corrected chi connectivity index (χ0v) is 17.6. The molecule has 0 radical (unpaired) electrons. The molecule has 4 bridgehead atoms. The van der Waals surface area contributed by atoms with Gasteiger partial charge in [-0.15, -0.1) is 0 Å². The Morgan fingerprint density at radius 2 is 1.21 bits per heavy atom. The Bertz CT molecular complexity index is 1040. The summed E-state index contributed by atoms with van der Waals surface area (Å²) in [5.74, 6) is 3.03. The van der Waals surface area contributed by atoms with Crippen LogP contribution in [0.15, 0.2) is 48.5 Å². The average molecular weight is 369 g/mol. The summed E-state index contributed by atoms with van der Waals surface area (Å²) in [7, 11) is 0. The molecule has 3 aromatic carbocycles. The predicted octanol–water partition coefficient (Wildman–Crippen LogP) is 7.76. The van der Waals surface area contributed by atoms with E-state index in [9.17, 15) is 0 Å². The van der Waals surface area contributed by atoms with E-state index >= 15 is 0 Å². The maximum atomic E-state index is 2.56. The number of fused-ring (bicyclic) bond motifs is 3. The molecule has 4 aliphatic rings. The van der Waals surface area contributed by atoms with Crippen LogP contribution in [0.2, 0.25) is 0 Å². The van der Waals surface area contributed by atoms with Gasteiger partial charge in [0, 0.05) is 0 Å². The lowest BCUT2D eigenvalue weighted by Gasteiger charge is -2.57. The van der Waals surface area contributed by atoms with E-state index in [0.29, 0.717) is 5.41 Å². The Balaban J connectivity index is 1.46. The van der Waals surface area contributed by atoms with Gasteiger partial charge in [-0.05, 0) is 99.8 Å². The van der Waals surface area contributed by atoms with E-state index in [-0.39, 0.29) is 5.41 Å². The largest absolute Gasteiger partial charge is 0.0578 e. The van der Waals surface area contributed by atoms with E-state index in [1.54, 1.807) is 5.56 Å². The molecular formula is C28H32. The van der Waals surface area contributed by atoms with Crippen molar-refractivity contribution in [3.8, 4) is 0 Å². The van der Waals surface area contributed by atoms with Crippen molar-refractivity contribution in [2.24, 2.45) is 17.8 Å². The third kappa shape index (κ3) is 2.49. The van der Waals surface area contributed by atoms with Gasteiger partial charge in [-0.3, -0.25) is 0 Å². The van der Waals surface area contributed by atoms with Crippen LogP contribution < -0.4 is 0 Å². The Morgan fingerprint density at radius 3 is 1.79 bits per heavy atom. The van der Waals surface area contributed by atoms with Crippen molar-refractivity contribution < 1.29 is 0 Å². The summed E-state index contributed by atoms with van der Waals surface area (Å²) in [4.78, 5) is 0. The van der Waals surface area contributed by atoms with E-state index in [2.05, 4.69) is 69.3 Å². The second-order valence-electron chi connectivity index (χ2n) is 11.4. The molecule has 3 aromatic rings. The summed E-state index contributed by atoms with van der Waals surface area (Å²) in [6.07, 6.45) is 8.92. The molecule has 4 fully saturated rings. The van der Waals surface area contributed by atoms with Crippen molar-refractivity contribution in [2.75, 3.05) is 0 Å². The van der Waals surface area contributed by atoms with Gasteiger partial charge in [0.1, 0.15) is 0 Å². The summed E-state index contributed by atoms with van der Waals surface area (Å²) < 4.78 is 0. The highest BCUT2D eigenvalue weighted by Gasteiger charge is 2.51. The Kier molecular flexibility index (Phi) is 3.43. The van der Waals surface area contributed by atoms with Crippen molar-refractivity contribution in [2.45, 2.75) is 70.1 Å². The summed E-state index contributed by atoms with van der Waals surface area (Å²) in [6.45, 7) is 6.90. The summed E-state index contributed by atoms with van der Waals surface area (Å²) in [5, 5.41) is 5.64. The first-order chi connectivity index (χ1) is 13.4. The normalized spacial score (nSPS) is 31.8. The van der Waals surface area contributed by atoms with Crippen molar-refractivity contribution in [3.05, 3.63) is 59.7 Å². The minimum atomic E-state index is 0.200. The van der Waals surface area contributed by atoms with Crippen molar-refractivity contribution in [1.29, 1.82) is 0 Å². The first kappa shape index (κ1) is 17.1. The molecule has 4 saturated carbocycles. The van der Waals surface area contributed by atoms with Gasteiger partial charge in [0.25, 0.3) is 0 Å². The van der Waals surface area contributed by atoms with Crippen LogP contribution in [-0.4, -0.2) is 0 Å². The van der Waals surface area contributed by atoms with Gasteiger partial charge in [0.15, 0.2) is 0 Å². The zero-order chi connectivity index (χ0) is 19.1. The highest BCUT2D eigenvalue weighted by molar-refractivity contribution is 6.07. The lowest BCUT2D eigenvalue weighted by molar-refractivity contribution is -0.00512. The van der Waals surface area contributed by atoms with Crippen LogP contribution in [0.5, 0.6) is 0 Å². The molecule has 0 amide bonds. The molecular weight excluding hydrogens is 336 g/mol. The van der Waals surface area contributed by atoms with E-state index in [4.69, 9.17) is 0 Å². The van der Waals surface area contributed by atoms with Crippen LogP contribution in [0.3, 0.4) is 0 Å². The minimum Gasteiger partial charge on any atom is -0.0578 e. The summed E-state index contributed by atoms with van der Waals surface area (Å²) in [5.41, 5.74) is 3.76. The maximum absolute atomic E-state index is 2.56. The second-order valence-corrected chi connectivity index (χ2v) is 11.4. The van der Waals surface area contributed by atoms with Crippen molar-refractivity contribution >= 4 is 21.5 Å². The van der Waals surface area contributed by atoms with Crippen molar-refractivity contribution in [1.82, 2.24) is 0 Å². The number of hydrogen-bond acceptors (Lipinski definition) is 0. The monoisotopic (exact) mass is 368 g/mol. The van der Waals surface area contributed by atoms with Gasteiger partial charge in [-0.25, -0.2) is 0 Å². The quantitative estimate of drug-likeness (QED) is 0.385. The first-order valence-electron chi connectivity index (χ1n) is 11.4. The summed E-state index contributed by atoms with van der Waals surface area (Å²) >= 11 is 0. The molecule has 144 valence electrons. The van der Waals surface area contributed by atoms with Gasteiger partial charge in [-0.2, -0.15) is 0 Å². The first-order valence-corrected chi connectivity index (χ1v) is 11.4. The number of hydrogen-bond donors (Lipinski definition) is 0. The summed E-state index contributed by atoms with van der Waals surface area (Å²) in [6, 6.07) is 19.3. The van der Waals surface area contributed by atoms with Crippen molar-refractivity contribution in [3.63, 3.8) is 0 Å². The smallest absolute Gasteiger partial charge is 0.00388 e. The molecule has 4 aliphatic carbocycles. The van der Waals surface area contributed by atoms with E-state index in [1.165, 1.54) is 65.6 Å². The van der Waals surface area contributed by atoms with Gasteiger partial charge in [0.05, 0.1) is 0 Å². The fraction of sp³-hybridized carbons (Fsp3) is 0.500. The molecule has 0 unspecified atom stereocenters. The fourth-order valence-electron chi connectivity index (χ4n) is 7.33. The number of benzene rings is 3. The molecule has 0 atom stereocenters. The standard InChI is InChI=1S/C28H32/c1-27(2,3)23-6-8-25-21(13-23)4-5-22-14-24(7-9-26(22)25)28-15-18-10-19(16-28)12-20(11-18)17-28/h4-9,13-14,18-20H,10-12,15-17H2,1-3H3. The van der Waals surface area contributed by atoms with Gasteiger partial charge >= 0.3 is 0 Å². The second kappa shape index (κ2) is 5.62. The van der Waals surface area contributed by atoms with Crippen LogP contribution >= 0.6 is 0 Å². The molecule has 0 saturated heterocycles. The Labute approximate surface area is 169 Å². The molecule has 0 heterocycles. The topological polar surface area (TPSA) is 0 Å². The van der Waals surface area contributed by atoms with E-state index in [0.717, 1.165) is 17.8 Å². The molecule has 0 N–H and O–H groups in total. The number of rotatable bonds is 1. The minimum absolute atomic E-state index is 0.200. The third-order valence-electron chi connectivity index (χ3n) is 8.35. The van der Waals surface area contributed by atoms with Gasteiger partial charge < -0.3 is 0 Å². The Morgan fingerprint density at radius 1 is 0.679 bits per heavy atom. The van der Waals surface area contributed by atoms with Crippen LogP contribution in [0.1, 0.15) is 70.4 Å². The average Bonchev–Trinajstić information content (AvgIpc) is 2.65. The lowest BCUT2D eigenvalue weighted by atomic mass is 9.48. The molecule has 0 aromatic heterocycles. The Hall–Kier alpha value is -1.82. The van der Waals surface area contributed by atoms with Crippen LogP contribution in [0, 0.1) is 17.8 Å². The van der Waals surface area contributed by atoms with E-state index < -0.39 is 0 Å².